The monoisotopic (exact) mass is 363 g/mol. The van der Waals surface area contributed by atoms with Crippen molar-refractivity contribution in [2.75, 3.05) is 19.5 Å². The Kier molecular flexibility index (Phi) is 5.83. The van der Waals surface area contributed by atoms with Crippen LogP contribution in [0.3, 0.4) is 0 Å². The summed E-state index contributed by atoms with van der Waals surface area (Å²) in [6.07, 6.45) is 1.09. The van der Waals surface area contributed by atoms with Gasteiger partial charge >= 0.3 is 0 Å². The molecule has 0 fully saturated rings. The van der Waals surface area contributed by atoms with Crippen molar-refractivity contribution in [2.24, 2.45) is 0 Å². The highest BCUT2D eigenvalue weighted by Gasteiger charge is 2.08. The lowest BCUT2D eigenvalue weighted by Gasteiger charge is -2.11. The van der Waals surface area contributed by atoms with E-state index in [2.05, 4.69) is 21.2 Å². The van der Waals surface area contributed by atoms with Crippen LogP contribution >= 0.6 is 15.9 Å². The van der Waals surface area contributed by atoms with Crippen molar-refractivity contribution in [2.45, 2.75) is 12.8 Å². The van der Waals surface area contributed by atoms with Crippen LogP contribution in [0.5, 0.6) is 11.5 Å². The second-order valence-electron chi connectivity index (χ2n) is 4.71. The van der Waals surface area contributed by atoms with Gasteiger partial charge in [-0.1, -0.05) is 34.1 Å². The molecule has 2 aromatic rings. The number of rotatable bonds is 6. The van der Waals surface area contributed by atoms with Gasteiger partial charge < -0.3 is 14.8 Å². The molecule has 0 aliphatic carbocycles. The molecule has 0 saturated heterocycles. The number of benzene rings is 2. The maximum absolute atomic E-state index is 12.1. The van der Waals surface area contributed by atoms with Crippen LogP contribution < -0.4 is 14.8 Å². The molecule has 0 bridgehead atoms. The van der Waals surface area contributed by atoms with Gasteiger partial charge in [0.15, 0.2) is 11.5 Å². The van der Waals surface area contributed by atoms with Crippen LogP contribution in [-0.2, 0) is 11.2 Å². The van der Waals surface area contributed by atoms with Crippen LogP contribution in [0.4, 0.5) is 5.69 Å². The maximum Gasteiger partial charge on any atom is 0.224 e. The summed E-state index contributed by atoms with van der Waals surface area (Å²) in [5, 5.41) is 2.87. The molecule has 2 rings (SSSR count). The van der Waals surface area contributed by atoms with Gasteiger partial charge in [0, 0.05) is 22.6 Å². The van der Waals surface area contributed by atoms with Crippen LogP contribution in [0, 0.1) is 0 Å². The predicted molar refractivity (Wildman–Crippen MR) is 90.6 cm³/mol. The lowest BCUT2D eigenvalue weighted by atomic mass is 10.1. The molecule has 0 unspecified atom stereocenters. The first-order valence-electron chi connectivity index (χ1n) is 6.89. The lowest BCUT2D eigenvalue weighted by Crippen LogP contribution is -2.12. The van der Waals surface area contributed by atoms with E-state index >= 15 is 0 Å². The van der Waals surface area contributed by atoms with Gasteiger partial charge in [-0.2, -0.15) is 0 Å². The third kappa shape index (κ3) is 4.24. The summed E-state index contributed by atoms with van der Waals surface area (Å²) in [6.45, 7) is 0. The van der Waals surface area contributed by atoms with Gasteiger partial charge in [0.05, 0.1) is 14.2 Å². The first-order valence-corrected chi connectivity index (χ1v) is 7.68. The molecule has 0 saturated carbocycles. The van der Waals surface area contributed by atoms with Crippen molar-refractivity contribution in [3.63, 3.8) is 0 Å². The first kappa shape index (κ1) is 16.4. The molecule has 1 N–H and O–H groups in total. The summed E-state index contributed by atoms with van der Waals surface area (Å²) in [7, 11) is 3.14. The van der Waals surface area contributed by atoms with Crippen LogP contribution in [-0.4, -0.2) is 20.1 Å². The van der Waals surface area contributed by atoms with E-state index in [1.54, 1.807) is 32.4 Å². The predicted octanol–water partition coefficient (Wildman–Crippen LogP) is 4.04. The second kappa shape index (κ2) is 7.84. The van der Waals surface area contributed by atoms with E-state index in [1.807, 2.05) is 24.3 Å². The van der Waals surface area contributed by atoms with Crippen LogP contribution in [0.25, 0.3) is 0 Å². The van der Waals surface area contributed by atoms with E-state index in [0.717, 1.165) is 10.0 Å². The molecular weight excluding hydrogens is 346 g/mol. The Hall–Kier alpha value is -2.01. The minimum atomic E-state index is -0.0389. The number of anilines is 1. The number of nitrogens with one attached hydrogen (secondary N) is 1. The van der Waals surface area contributed by atoms with Crippen molar-refractivity contribution in [1.29, 1.82) is 0 Å². The van der Waals surface area contributed by atoms with Gasteiger partial charge in [-0.25, -0.2) is 0 Å². The van der Waals surface area contributed by atoms with E-state index in [0.29, 0.717) is 30.0 Å². The Bertz CT molecular complexity index is 658. The molecule has 116 valence electrons. The standard InChI is InChI=1S/C17H18BrNO3/c1-21-15-9-8-13(11-16(15)22-2)19-17(20)10-7-12-5-3-4-6-14(12)18/h3-6,8-9,11H,7,10H2,1-2H3,(H,19,20). The number of amides is 1. The molecule has 0 aliphatic heterocycles. The van der Waals surface area contributed by atoms with Gasteiger partial charge in [-0.3, -0.25) is 4.79 Å². The average Bonchev–Trinajstić information content (AvgIpc) is 2.54. The van der Waals surface area contributed by atoms with Gasteiger partial charge in [0.1, 0.15) is 0 Å². The summed E-state index contributed by atoms with van der Waals surface area (Å²) >= 11 is 3.49. The summed E-state index contributed by atoms with van der Waals surface area (Å²) in [5.41, 5.74) is 1.81. The Morgan fingerprint density at radius 1 is 1.09 bits per heavy atom. The number of halogens is 1. The molecule has 0 aromatic heterocycles. The summed E-state index contributed by atoms with van der Waals surface area (Å²) < 4.78 is 11.4. The molecule has 0 heterocycles. The number of hydrogen-bond acceptors (Lipinski definition) is 3. The number of methoxy groups -OCH3 is 2. The number of carbonyl (C=O) groups excluding carboxylic acids is 1. The molecule has 5 heteroatoms. The smallest absolute Gasteiger partial charge is 0.224 e. The summed E-state index contributed by atoms with van der Waals surface area (Å²) in [6, 6.07) is 13.2. The topological polar surface area (TPSA) is 47.6 Å². The SMILES string of the molecule is COc1ccc(NC(=O)CCc2ccccc2Br)cc1OC. The molecule has 0 spiro atoms. The van der Waals surface area contributed by atoms with Crippen LogP contribution in [0.2, 0.25) is 0 Å². The fraction of sp³-hybridized carbons (Fsp3) is 0.235. The second-order valence-corrected chi connectivity index (χ2v) is 5.56. The van der Waals surface area contributed by atoms with Gasteiger partial charge in [0.2, 0.25) is 5.91 Å². The van der Waals surface area contributed by atoms with E-state index < -0.39 is 0 Å². The van der Waals surface area contributed by atoms with E-state index in [4.69, 9.17) is 9.47 Å². The Morgan fingerprint density at radius 2 is 1.82 bits per heavy atom. The zero-order valence-electron chi connectivity index (χ0n) is 12.6. The molecule has 0 atom stereocenters. The maximum atomic E-state index is 12.1. The molecule has 2 aromatic carbocycles. The lowest BCUT2D eigenvalue weighted by molar-refractivity contribution is -0.116. The van der Waals surface area contributed by atoms with Crippen molar-refractivity contribution in [3.8, 4) is 11.5 Å². The minimum Gasteiger partial charge on any atom is -0.493 e. The number of carbonyl (C=O) groups is 1. The van der Waals surface area contributed by atoms with Gasteiger partial charge in [0.25, 0.3) is 0 Å². The van der Waals surface area contributed by atoms with Crippen molar-refractivity contribution in [3.05, 3.63) is 52.5 Å². The molecule has 1 amide bonds. The Morgan fingerprint density at radius 3 is 2.50 bits per heavy atom. The van der Waals surface area contributed by atoms with E-state index in [1.165, 1.54) is 0 Å². The quantitative estimate of drug-likeness (QED) is 0.842. The van der Waals surface area contributed by atoms with Crippen molar-refractivity contribution < 1.29 is 14.3 Å². The fourth-order valence-electron chi connectivity index (χ4n) is 2.09. The molecule has 0 aliphatic rings. The first-order chi connectivity index (χ1) is 10.6. The summed E-state index contributed by atoms with van der Waals surface area (Å²) in [4.78, 5) is 12.1. The third-order valence-corrected chi connectivity index (χ3v) is 4.02. The molecular formula is C17H18BrNO3. The molecule has 4 nitrogen and oxygen atoms in total. The normalized spacial score (nSPS) is 10.1. The van der Waals surface area contributed by atoms with Crippen LogP contribution in [0.1, 0.15) is 12.0 Å². The van der Waals surface area contributed by atoms with Crippen molar-refractivity contribution >= 4 is 27.5 Å². The van der Waals surface area contributed by atoms with E-state index in [-0.39, 0.29) is 5.91 Å². The zero-order valence-corrected chi connectivity index (χ0v) is 14.1. The van der Waals surface area contributed by atoms with Crippen molar-refractivity contribution in [1.82, 2.24) is 0 Å². The molecule has 22 heavy (non-hydrogen) atoms. The molecule has 0 radical (unpaired) electrons. The highest BCUT2D eigenvalue weighted by atomic mass is 79.9. The van der Waals surface area contributed by atoms with Gasteiger partial charge in [-0.05, 0) is 30.2 Å². The Balaban J connectivity index is 1.96. The van der Waals surface area contributed by atoms with Crippen LogP contribution in [0.15, 0.2) is 46.9 Å². The third-order valence-electron chi connectivity index (χ3n) is 3.25. The fourth-order valence-corrected chi connectivity index (χ4v) is 2.57. The number of hydrogen-bond donors (Lipinski definition) is 1. The minimum absolute atomic E-state index is 0.0389. The number of aryl methyl sites for hydroxylation is 1. The summed E-state index contributed by atoms with van der Waals surface area (Å²) in [5.74, 6) is 1.18. The van der Waals surface area contributed by atoms with Gasteiger partial charge in [-0.15, -0.1) is 0 Å². The Labute approximate surface area is 138 Å². The highest BCUT2D eigenvalue weighted by Crippen LogP contribution is 2.29. The van der Waals surface area contributed by atoms with E-state index in [9.17, 15) is 4.79 Å². The highest BCUT2D eigenvalue weighted by molar-refractivity contribution is 9.10. The zero-order chi connectivity index (χ0) is 15.9. The largest absolute Gasteiger partial charge is 0.493 e. The average molecular weight is 364 g/mol. The number of ether oxygens (including phenoxy) is 2.